The topological polar surface area (TPSA) is 48.3 Å². The highest BCUT2D eigenvalue weighted by molar-refractivity contribution is 5.88. The van der Waals surface area contributed by atoms with Gasteiger partial charge in [-0.3, -0.25) is 4.79 Å². The summed E-state index contributed by atoms with van der Waals surface area (Å²) in [5.74, 6) is -0.542. The highest BCUT2D eigenvalue weighted by Gasteiger charge is 2.13. The Morgan fingerprint density at radius 1 is 1.44 bits per heavy atom. The van der Waals surface area contributed by atoms with E-state index in [2.05, 4.69) is 13.8 Å². The van der Waals surface area contributed by atoms with Crippen LogP contribution in [0.25, 0.3) is 0 Å². The molecule has 0 bridgehead atoms. The van der Waals surface area contributed by atoms with Crippen LogP contribution < -0.4 is 5.43 Å². The third-order valence-electron chi connectivity index (χ3n) is 2.92. The summed E-state index contributed by atoms with van der Waals surface area (Å²) in [5.41, 5.74) is -0.171. The van der Waals surface area contributed by atoms with Crippen molar-refractivity contribution in [3.05, 3.63) is 34.2 Å². The monoisotopic (exact) mass is 251 g/mol. The number of rotatable bonds is 6. The second-order valence-corrected chi connectivity index (χ2v) is 4.38. The second-order valence-electron chi connectivity index (χ2n) is 4.38. The van der Waals surface area contributed by atoms with E-state index in [-0.39, 0.29) is 23.6 Å². The summed E-state index contributed by atoms with van der Waals surface area (Å²) in [7, 11) is 0. The first-order valence-corrected chi connectivity index (χ1v) is 6.49. The lowest BCUT2D eigenvalue weighted by molar-refractivity contribution is 0.0523. The van der Waals surface area contributed by atoms with Gasteiger partial charge in [0.1, 0.15) is 5.56 Å². The van der Waals surface area contributed by atoms with Crippen molar-refractivity contribution in [3.8, 4) is 0 Å². The SMILES string of the molecule is CCCCC(C)n1ccc(=O)c(C(=O)OCC)c1. The zero-order valence-electron chi connectivity index (χ0n) is 11.3. The van der Waals surface area contributed by atoms with Crippen LogP contribution in [-0.2, 0) is 4.74 Å². The van der Waals surface area contributed by atoms with Crippen LogP contribution in [-0.4, -0.2) is 17.1 Å². The number of pyridine rings is 1. The van der Waals surface area contributed by atoms with Crippen molar-refractivity contribution in [1.29, 1.82) is 0 Å². The van der Waals surface area contributed by atoms with E-state index in [1.54, 1.807) is 19.3 Å². The van der Waals surface area contributed by atoms with Gasteiger partial charge in [0.15, 0.2) is 5.43 Å². The van der Waals surface area contributed by atoms with Crippen LogP contribution in [0.4, 0.5) is 0 Å². The summed E-state index contributed by atoms with van der Waals surface area (Å²) < 4.78 is 6.78. The predicted molar refractivity (Wildman–Crippen MR) is 70.9 cm³/mol. The number of unbranched alkanes of at least 4 members (excludes halogenated alkanes) is 1. The maximum atomic E-state index is 11.6. The Kier molecular flexibility index (Phi) is 5.62. The summed E-state index contributed by atoms with van der Waals surface area (Å²) in [6.07, 6.45) is 6.62. The van der Waals surface area contributed by atoms with Gasteiger partial charge in [-0.05, 0) is 20.3 Å². The first kappa shape index (κ1) is 14.5. The molecule has 0 aliphatic rings. The molecule has 0 radical (unpaired) electrons. The minimum absolute atomic E-state index is 0.114. The molecule has 1 atom stereocenters. The normalized spacial score (nSPS) is 12.2. The Morgan fingerprint density at radius 2 is 2.17 bits per heavy atom. The van der Waals surface area contributed by atoms with Crippen LogP contribution in [0.3, 0.4) is 0 Å². The predicted octanol–water partition coefficient (Wildman–Crippen LogP) is 2.78. The van der Waals surface area contributed by atoms with E-state index in [1.165, 1.54) is 6.07 Å². The van der Waals surface area contributed by atoms with Gasteiger partial charge in [-0.25, -0.2) is 4.79 Å². The molecular formula is C14H21NO3. The average molecular weight is 251 g/mol. The smallest absolute Gasteiger partial charge is 0.343 e. The number of ether oxygens (including phenoxy) is 1. The van der Waals surface area contributed by atoms with Gasteiger partial charge in [0, 0.05) is 24.5 Å². The first-order chi connectivity index (χ1) is 8.60. The highest BCUT2D eigenvalue weighted by Crippen LogP contribution is 2.14. The third kappa shape index (κ3) is 3.72. The lowest BCUT2D eigenvalue weighted by Gasteiger charge is -2.16. The zero-order chi connectivity index (χ0) is 13.5. The number of carbonyl (C=O) groups is 1. The highest BCUT2D eigenvalue weighted by atomic mass is 16.5. The zero-order valence-corrected chi connectivity index (χ0v) is 11.3. The molecule has 0 amide bonds. The fourth-order valence-electron chi connectivity index (χ4n) is 1.78. The Morgan fingerprint density at radius 3 is 2.78 bits per heavy atom. The van der Waals surface area contributed by atoms with Crippen molar-refractivity contribution in [3.63, 3.8) is 0 Å². The van der Waals surface area contributed by atoms with E-state index < -0.39 is 5.97 Å². The Bertz CT molecular complexity index is 451. The molecule has 0 fully saturated rings. The molecule has 0 aliphatic carbocycles. The van der Waals surface area contributed by atoms with Gasteiger partial charge in [-0.1, -0.05) is 19.8 Å². The van der Waals surface area contributed by atoms with E-state index >= 15 is 0 Å². The molecule has 0 aliphatic heterocycles. The van der Waals surface area contributed by atoms with E-state index in [4.69, 9.17) is 4.74 Å². The molecule has 1 aromatic heterocycles. The van der Waals surface area contributed by atoms with E-state index in [0.717, 1.165) is 19.3 Å². The van der Waals surface area contributed by atoms with Crippen molar-refractivity contribution >= 4 is 5.97 Å². The van der Waals surface area contributed by atoms with Gasteiger partial charge in [0.2, 0.25) is 0 Å². The van der Waals surface area contributed by atoms with Crippen molar-refractivity contribution < 1.29 is 9.53 Å². The van der Waals surface area contributed by atoms with Crippen LogP contribution in [0.5, 0.6) is 0 Å². The van der Waals surface area contributed by atoms with Crippen LogP contribution >= 0.6 is 0 Å². The van der Waals surface area contributed by atoms with E-state index in [9.17, 15) is 9.59 Å². The summed E-state index contributed by atoms with van der Waals surface area (Å²) in [6.45, 7) is 6.22. The molecule has 1 aromatic rings. The number of hydrogen-bond donors (Lipinski definition) is 0. The number of hydrogen-bond acceptors (Lipinski definition) is 3. The van der Waals surface area contributed by atoms with Crippen molar-refractivity contribution in [2.45, 2.75) is 46.1 Å². The van der Waals surface area contributed by atoms with E-state index in [1.807, 2.05) is 4.57 Å². The number of aromatic nitrogens is 1. The molecule has 0 aromatic carbocycles. The summed E-state index contributed by atoms with van der Waals surface area (Å²) >= 11 is 0. The molecule has 1 unspecified atom stereocenters. The van der Waals surface area contributed by atoms with E-state index in [0.29, 0.717) is 0 Å². The molecule has 1 rings (SSSR count). The van der Waals surface area contributed by atoms with Gasteiger partial charge in [0.05, 0.1) is 6.61 Å². The molecule has 4 nitrogen and oxygen atoms in total. The van der Waals surface area contributed by atoms with Crippen LogP contribution in [0.2, 0.25) is 0 Å². The maximum Gasteiger partial charge on any atom is 0.343 e. The number of nitrogens with zero attached hydrogens (tertiary/aromatic N) is 1. The fraction of sp³-hybridized carbons (Fsp3) is 0.571. The minimum Gasteiger partial charge on any atom is -0.462 e. The van der Waals surface area contributed by atoms with Gasteiger partial charge in [0.25, 0.3) is 0 Å². The Labute approximate surface area is 108 Å². The van der Waals surface area contributed by atoms with Crippen molar-refractivity contribution in [1.82, 2.24) is 4.57 Å². The Balaban J connectivity index is 2.93. The standard InChI is InChI=1S/C14H21NO3/c1-4-6-7-11(3)15-9-8-13(16)12(10-15)14(17)18-5-2/h8-11H,4-7H2,1-3H3. The van der Waals surface area contributed by atoms with Gasteiger partial charge in [-0.15, -0.1) is 0 Å². The van der Waals surface area contributed by atoms with Crippen molar-refractivity contribution in [2.24, 2.45) is 0 Å². The van der Waals surface area contributed by atoms with Crippen LogP contribution in [0.15, 0.2) is 23.3 Å². The fourth-order valence-corrected chi connectivity index (χ4v) is 1.78. The molecule has 0 saturated heterocycles. The number of esters is 1. The Hall–Kier alpha value is -1.58. The lowest BCUT2D eigenvalue weighted by Crippen LogP contribution is -2.20. The van der Waals surface area contributed by atoms with Crippen LogP contribution in [0.1, 0.15) is 56.4 Å². The average Bonchev–Trinajstić information content (AvgIpc) is 2.36. The molecule has 18 heavy (non-hydrogen) atoms. The van der Waals surface area contributed by atoms with Crippen LogP contribution in [0, 0.1) is 0 Å². The second kappa shape index (κ2) is 6.99. The largest absolute Gasteiger partial charge is 0.462 e. The summed E-state index contributed by atoms with van der Waals surface area (Å²) in [4.78, 5) is 23.2. The quantitative estimate of drug-likeness (QED) is 0.730. The molecular weight excluding hydrogens is 230 g/mol. The molecule has 4 heteroatoms. The lowest BCUT2D eigenvalue weighted by atomic mass is 10.1. The number of carbonyl (C=O) groups excluding carboxylic acids is 1. The summed E-state index contributed by atoms with van der Waals surface area (Å²) in [6, 6.07) is 1.70. The summed E-state index contributed by atoms with van der Waals surface area (Å²) in [5, 5.41) is 0. The maximum absolute atomic E-state index is 11.6. The van der Waals surface area contributed by atoms with Gasteiger partial charge < -0.3 is 9.30 Å². The molecule has 1 heterocycles. The third-order valence-corrected chi connectivity index (χ3v) is 2.92. The van der Waals surface area contributed by atoms with Crippen molar-refractivity contribution in [2.75, 3.05) is 6.61 Å². The van der Waals surface area contributed by atoms with Gasteiger partial charge in [-0.2, -0.15) is 0 Å². The molecule has 0 saturated carbocycles. The first-order valence-electron chi connectivity index (χ1n) is 6.49. The minimum atomic E-state index is -0.542. The molecule has 0 spiro atoms. The van der Waals surface area contributed by atoms with Gasteiger partial charge >= 0.3 is 5.97 Å². The molecule has 0 N–H and O–H groups in total. The molecule has 100 valence electrons.